The maximum atomic E-state index is 12.1. The number of aliphatic hydroxyl groups excluding tert-OH is 2. The number of benzene rings is 1. The van der Waals surface area contributed by atoms with Crippen LogP contribution in [0.15, 0.2) is 47.1 Å². The molecule has 0 bridgehead atoms. The van der Waals surface area contributed by atoms with Crippen molar-refractivity contribution >= 4 is 10.0 Å². The van der Waals surface area contributed by atoms with Gasteiger partial charge in [0.2, 0.25) is 0 Å². The third-order valence-electron chi connectivity index (χ3n) is 2.92. The number of nitrogens with zero attached hydrogens (tertiary/aromatic N) is 1. The molecule has 0 fully saturated rings. The Labute approximate surface area is 117 Å². The van der Waals surface area contributed by atoms with Crippen LogP contribution in [-0.2, 0) is 10.0 Å². The first-order chi connectivity index (χ1) is 9.44. The topological polar surface area (TPSA) is 102 Å². The van der Waals surface area contributed by atoms with Gasteiger partial charge in [-0.25, -0.2) is 13.3 Å². The molecule has 0 spiro atoms. The van der Waals surface area contributed by atoms with Gasteiger partial charge in [-0.05, 0) is 12.1 Å². The largest absolute Gasteiger partial charge is 0.374 e. The zero-order valence-electron chi connectivity index (χ0n) is 10.9. The first kappa shape index (κ1) is 14.8. The highest BCUT2D eigenvalue weighted by Gasteiger charge is 2.28. The molecular weight excluding hydrogens is 282 g/mol. The summed E-state index contributed by atoms with van der Waals surface area (Å²) in [6.45, 7) is 2.17. The number of nitrogens with one attached hydrogen (secondary N) is 2. The van der Waals surface area contributed by atoms with Crippen molar-refractivity contribution in [2.24, 2.45) is 0 Å². The fraction of sp³-hybridized carbons (Fsp3) is 0.333. The molecule has 8 heteroatoms. The van der Waals surface area contributed by atoms with E-state index in [0.29, 0.717) is 6.54 Å². The van der Waals surface area contributed by atoms with E-state index in [4.69, 9.17) is 0 Å². The van der Waals surface area contributed by atoms with Crippen molar-refractivity contribution in [1.82, 2.24) is 14.9 Å². The standard InChI is InChI=1S/C12H17N3O4S/c1-2-15-11(16)8-10(13-12(15)17)14-20(18,19)9-6-4-3-5-7-9/h3-8,11-14,16-17H,2H2,1H3. The molecule has 0 radical (unpaired) electrons. The van der Waals surface area contributed by atoms with E-state index in [-0.39, 0.29) is 10.7 Å². The SMILES string of the molecule is CCN1C(O)C=C(NS(=O)(=O)c2ccccc2)NC1O. The monoisotopic (exact) mass is 299 g/mol. The van der Waals surface area contributed by atoms with Gasteiger partial charge in [-0.3, -0.25) is 4.72 Å². The highest BCUT2D eigenvalue weighted by molar-refractivity contribution is 7.89. The summed E-state index contributed by atoms with van der Waals surface area (Å²) in [6, 6.07) is 7.84. The molecule has 1 aromatic rings. The summed E-state index contributed by atoms with van der Waals surface area (Å²) in [6.07, 6.45) is -0.935. The van der Waals surface area contributed by atoms with Crippen molar-refractivity contribution < 1.29 is 18.6 Å². The average molecular weight is 299 g/mol. The van der Waals surface area contributed by atoms with E-state index in [1.54, 1.807) is 25.1 Å². The van der Waals surface area contributed by atoms with Crippen LogP contribution in [0.25, 0.3) is 0 Å². The first-order valence-corrected chi connectivity index (χ1v) is 7.60. The lowest BCUT2D eigenvalue weighted by molar-refractivity contribution is -0.0990. The summed E-state index contributed by atoms with van der Waals surface area (Å²) < 4.78 is 26.5. The van der Waals surface area contributed by atoms with E-state index in [0.717, 1.165) is 0 Å². The Kier molecular flexibility index (Phi) is 4.29. The molecule has 0 saturated heterocycles. The molecule has 0 amide bonds. The Hall–Kier alpha value is -1.61. The van der Waals surface area contributed by atoms with Crippen molar-refractivity contribution in [3.8, 4) is 0 Å². The van der Waals surface area contributed by atoms with Gasteiger partial charge in [-0.1, -0.05) is 25.1 Å². The maximum Gasteiger partial charge on any atom is 0.262 e. The van der Waals surface area contributed by atoms with Gasteiger partial charge in [0.15, 0.2) is 6.35 Å². The van der Waals surface area contributed by atoms with E-state index in [9.17, 15) is 18.6 Å². The quantitative estimate of drug-likeness (QED) is 0.588. The molecule has 110 valence electrons. The van der Waals surface area contributed by atoms with E-state index < -0.39 is 22.6 Å². The molecule has 1 aliphatic heterocycles. The predicted molar refractivity (Wildman–Crippen MR) is 72.4 cm³/mol. The van der Waals surface area contributed by atoms with Crippen LogP contribution in [0.5, 0.6) is 0 Å². The lowest BCUT2D eigenvalue weighted by Gasteiger charge is -2.35. The van der Waals surface area contributed by atoms with Gasteiger partial charge in [0.25, 0.3) is 10.0 Å². The summed E-state index contributed by atoms with van der Waals surface area (Å²) in [5.74, 6) is 0.0403. The second kappa shape index (κ2) is 5.80. The van der Waals surface area contributed by atoms with Gasteiger partial charge in [0.05, 0.1) is 4.90 Å². The highest BCUT2D eigenvalue weighted by atomic mass is 32.2. The van der Waals surface area contributed by atoms with Crippen molar-refractivity contribution in [2.45, 2.75) is 24.4 Å². The van der Waals surface area contributed by atoms with Gasteiger partial charge >= 0.3 is 0 Å². The van der Waals surface area contributed by atoms with E-state index in [1.807, 2.05) is 0 Å². The fourth-order valence-electron chi connectivity index (χ4n) is 1.89. The minimum atomic E-state index is -3.75. The Morgan fingerprint density at radius 1 is 1.30 bits per heavy atom. The van der Waals surface area contributed by atoms with Crippen LogP contribution in [0.3, 0.4) is 0 Å². The van der Waals surface area contributed by atoms with Crippen LogP contribution in [0, 0.1) is 0 Å². The number of sulfonamides is 1. The Morgan fingerprint density at radius 2 is 1.95 bits per heavy atom. The van der Waals surface area contributed by atoms with Gasteiger partial charge in [0.1, 0.15) is 12.0 Å². The number of hydrogen-bond donors (Lipinski definition) is 4. The smallest absolute Gasteiger partial charge is 0.262 e. The van der Waals surface area contributed by atoms with Gasteiger partial charge in [-0.2, -0.15) is 0 Å². The van der Waals surface area contributed by atoms with Crippen LogP contribution in [0.2, 0.25) is 0 Å². The lowest BCUT2D eigenvalue weighted by atomic mass is 10.3. The molecule has 20 heavy (non-hydrogen) atoms. The van der Waals surface area contributed by atoms with Crippen LogP contribution in [-0.4, -0.2) is 42.7 Å². The zero-order chi connectivity index (χ0) is 14.8. The van der Waals surface area contributed by atoms with Crippen LogP contribution in [0.1, 0.15) is 6.92 Å². The van der Waals surface area contributed by atoms with Gasteiger partial charge in [-0.15, -0.1) is 0 Å². The van der Waals surface area contributed by atoms with Crippen molar-refractivity contribution in [3.05, 3.63) is 42.2 Å². The number of likely N-dealkylation sites (N-methyl/N-ethyl adjacent to an activating group) is 1. The van der Waals surface area contributed by atoms with Crippen molar-refractivity contribution in [3.63, 3.8) is 0 Å². The molecule has 0 aliphatic carbocycles. The Balaban J connectivity index is 2.19. The van der Waals surface area contributed by atoms with E-state index in [1.165, 1.54) is 23.1 Å². The maximum absolute atomic E-state index is 12.1. The van der Waals surface area contributed by atoms with Crippen molar-refractivity contribution in [2.75, 3.05) is 6.54 Å². The lowest BCUT2D eigenvalue weighted by Crippen LogP contribution is -2.55. The predicted octanol–water partition coefficient (Wildman–Crippen LogP) is -0.674. The third-order valence-corrected chi connectivity index (χ3v) is 4.30. The zero-order valence-corrected chi connectivity index (χ0v) is 11.7. The second-order valence-electron chi connectivity index (χ2n) is 4.26. The summed E-state index contributed by atoms with van der Waals surface area (Å²) in [5, 5.41) is 22.1. The van der Waals surface area contributed by atoms with E-state index >= 15 is 0 Å². The summed E-state index contributed by atoms with van der Waals surface area (Å²) in [4.78, 5) is 1.45. The summed E-state index contributed by atoms with van der Waals surface area (Å²) >= 11 is 0. The van der Waals surface area contributed by atoms with Crippen LogP contribution < -0.4 is 10.0 Å². The van der Waals surface area contributed by atoms with E-state index in [2.05, 4.69) is 10.0 Å². The Morgan fingerprint density at radius 3 is 2.50 bits per heavy atom. The second-order valence-corrected chi connectivity index (χ2v) is 5.94. The molecule has 2 atom stereocenters. The minimum Gasteiger partial charge on any atom is -0.374 e. The molecule has 1 heterocycles. The third kappa shape index (κ3) is 3.10. The number of aliphatic hydroxyl groups is 2. The fourth-order valence-corrected chi connectivity index (χ4v) is 2.94. The van der Waals surface area contributed by atoms with Crippen molar-refractivity contribution in [1.29, 1.82) is 0 Å². The molecule has 0 aromatic heterocycles. The van der Waals surface area contributed by atoms with Gasteiger partial charge in [0, 0.05) is 12.6 Å². The number of rotatable bonds is 4. The summed E-state index contributed by atoms with van der Waals surface area (Å²) in [7, 11) is -3.75. The first-order valence-electron chi connectivity index (χ1n) is 6.12. The normalized spacial score (nSPS) is 23.9. The minimum absolute atomic E-state index is 0.0403. The molecule has 7 nitrogen and oxygen atoms in total. The van der Waals surface area contributed by atoms with Crippen LogP contribution in [0.4, 0.5) is 0 Å². The molecule has 0 saturated carbocycles. The highest BCUT2D eigenvalue weighted by Crippen LogP contribution is 2.13. The molecule has 2 rings (SSSR count). The summed E-state index contributed by atoms with van der Waals surface area (Å²) in [5.41, 5.74) is 0. The molecule has 4 N–H and O–H groups in total. The molecule has 1 aliphatic rings. The molecular formula is C12H17N3O4S. The number of hydrogen-bond acceptors (Lipinski definition) is 6. The molecule has 2 unspecified atom stereocenters. The van der Waals surface area contributed by atoms with Gasteiger partial charge < -0.3 is 15.5 Å². The van der Waals surface area contributed by atoms with Crippen LogP contribution >= 0.6 is 0 Å². The molecule has 1 aromatic carbocycles. The Bertz CT molecular complexity index is 588. The average Bonchev–Trinajstić information content (AvgIpc) is 2.39.